The van der Waals surface area contributed by atoms with Crippen molar-refractivity contribution in [1.29, 1.82) is 0 Å². The molecular formula is C21H30N10OS. The van der Waals surface area contributed by atoms with Crippen molar-refractivity contribution in [3.05, 3.63) is 33.9 Å². The van der Waals surface area contributed by atoms with Gasteiger partial charge in [0.15, 0.2) is 5.96 Å². The van der Waals surface area contributed by atoms with Gasteiger partial charge in [0.05, 0.1) is 24.2 Å². The van der Waals surface area contributed by atoms with Crippen LogP contribution < -0.4 is 26.6 Å². The van der Waals surface area contributed by atoms with Gasteiger partial charge in [0.2, 0.25) is 17.9 Å². The van der Waals surface area contributed by atoms with Gasteiger partial charge in [-0.1, -0.05) is 0 Å². The van der Waals surface area contributed by atoms with Crippen molar-refractivity contribution in [2.75, 3.05) is 24.3 Å². The molecule has 2 aromatic rings. The summed E-state index contributed by atoms with van der Waals surface area (Å²) in [5.74, 6) is 2.45. The number of nitrogens with zero attached hydrogens (tertiary/aromatic N) is 6. The van der Waals surface area contributed by atoms with Crippen molar-refractivity contribution in [3.8, 4) is 0 Å². The van der Waals surface area contributed by atoms with Gasteiger partial charge < -0.3 is 25.3 Å². The highest BCUT2D eigenvalue weighted by Gasteiger charge is 2.21. The highest BCUT2D eigenvalue weighted by molar-refractivity contribution is 7.12. The average molecular weight is 471 g/mol. The number of furan rings is 1. The first-order valence-corrected chi connectivity index (χ1v) is 11.5. The zero-order valence-electron chi connectivity index (χ0n) is 19.7. The van der Waals surface area contributed by atoms with Crippen LogP contribution in [-0.2, 0) is 6.54 Å². The van der Waals surface area contributed by atoms with Crippen LogP contribution in [0.4, 0.5) is 11.4 Å². The molecule has 0 radical (unpaired) electrons. The van der Waals surface area contributed by atoms with Gasteiger partial charge in [-0.2, -0.15) is 0 Å². The number of hydrogen-bond donors (Lipinski definition) is 4. The number of hydrogen-bond acceptors (Lipinski definition) is 12. The first-order chi connectivity index (χ1) is 15.7. The maximum Gasteiger partial charge on any atom is 0.207 e. The molecule has 0 aliphatic carbocycles. The summed E-state index contributed by atoms with van der Waals surface area (Å²) in [6.07, 6.45) is 2.95. The molecule has 2 aromatic heterocycles. The van der Waals surface area contributed by atoms with E-state index in [0.717, 1.165) is 22.9 Å². The molecule has 0 fully saturated rings. The van der Waals surface area contributed by atoms with Crippen LogP contribution in [0.25, 0.3) is 0 Å². The lowest BCUT2D eigenvalue weighted by Gasteiger charge is -2.27. The van der Waals surface area contributed by atoms with Crippen LogP contribution in [-0.4, -0.2) is 55.2 Å². The Morgan fingerprint density at radius 2 is 1.79 bits per heavy atom. The van der Waals surface area contributed by atoms with E-state index in [-0.39, 0.29) is 12.3 Å². The molecule has 2 unspecified atom stereocenters. The fourth-order valence-corrected chi connectivity index (χ4v) is 4.68. The van der Waals surface area contributed by atoms with E-state index in [1.807, 2.05) is 39.8 Å². The van der Waals surface area contributed by atoms with Crippen molar-refractivity contribution in [1.82, 2.24) is 15.5 Å². The summed E-state index contributed by atoms with van der Waals surface area (Å²) in [7, 11) is 3.98. The van der Waals surface area contributed by atoms with Gasteiger partial charge in [-0.25, -0.2) is 20.0 Å². The Labute approximate surface area is 197 Å². The number of aliphatic imine (C=N–C) groups is 4. The van der Waals surface area contributed by atoms with Crippen LogP contribution in [0.5, 0.6) is 0 Å². The summed E-state index contributed by atoms with van der Waals surface area (Å²) in [6, 6.07) is 2.17. The molecule has 12 heteroatoms. The predicted octanol–water partition coefficient (Wildman–Crippen LogP) is 2.22. The molecule has 5 N–H and O–H groups in total. The summed E-state index contributed by atoms with van der Waals surface area (Å²) >= 11 is 1.74. The molecule has 0 saturated heterocycles. The molecule has 176 valence electrons. The molecular weight excluding hydrogens is 440 g/mol. The number of thiophene rings is 1. The molecule has 0 amide bonds. The topological polar surface area (TPSA) is 131 Å². The lowest BCUT2D eigenvalue weighted by atomic mass is 10.3. The predicted molar refractivity (Wildman–Crippen MR) is 135 cm³/mol. The van der Waals surface area contributed by atoms with Crippen molar-refractivity contribution in [2.24, 2.45) is 25.7 Å². The molecule has 4 heterocycles. The van der Waals surface area contributed by atoms with E-state index in [4.69, 9.17) is 10.2 Å². The minimum atomic E-state index is -0.207. The molecule has 2 aliphatic rings. The Balaban J connectivity index is 1.43. The third-order valence-corrected chi connectivity index (χ3v) is 6.24. The van der Waals surface area contributed by atoms with E-state index in [1.165, 1.54) is 9.75 Å². The second-order valence-corrected chi connectivity index (χ2v) is 9.41. The molecule has 2 atom stereocenters. The Bertz CT molecular complexity index is 1140. The highest BCUT2D eigenvalue weighted by atomic mass is 32.1. The molecule has 2 aliphatic heterocycles. The van der Waals surface area contributed by atoms with Crippen LogP contribution in [0.15, 0.2) is 43.0 Å². The summed E-state index contributed by atoms with van der Waals surface area (Å²) in [6.45, 7) is 8.63. The van der Waals surface area contributed by atoms with Crippen LogP contribution >= 0.6 is 11.3 Å². The molecule has 0 spiro atoms. The maximum absolute atomic E-state index is 5.88. The van der Waals surface area contributed by atoms with E-state index >= 15 is 0 Å². The number of rotatable bonds is 4. The number of anilines is 2. The molecule has 4 rings (SSSR count). The number of nitrogens with one attached hydrogen (secondary N) is 3. The van der Waals surface area contributed by atoms with Gasteiger partial charge >= 0.3 is 0 Å². The molecule has 33 heavy (non-hydrogen) atoms. The van der Waals surface area contributed by atoms with Gasteiger partial charge in [-0.15, -0.1) is 11.3 Å². The zero-order valence-corrected chi connectivity index (χ0v) is 20.5. The number of aryl methyl sites for hydroxylation is 2. The van der Waals surface area contributed by atoms with Gasteiger partial charge in [-0.05, 0) is 33.8 Å². The summed E-state index contributed by atoms with van der Waals surface area (Å²) < 4.78 is 5.24. The van der Waals surface area contributed by atoms with Crippen molar-refractivity contribution >= 4 is 46.5 Å². The fourth-order valence-electron chi connectivity index (χ4n) is 3.56. The second-order valence-electron chi connectivity index (χ2n) is 8.07. The Kier molecular flexibility index (Phi) is 6.27. The first kappa shape index (κ1) is 22.6. The Morgan fingerprint density at radius 3 is 2.48 bits per heavy atom. The van der Waals surface area contributed by atoms with Gasteiger partial charge in [-0.3, -0.25) is 10.6 Å². The standard InChI is InChI=1S/C21H30N10OS/c1-11-9-32-10-16(11)27-19-24-14(4)25-20(29-19)30(5)8-15-7-17(12(2)33-15)31(6)21-26-13(3)23-18(22)28-21/h7,9-10,13-14H,8H2,1-6H3,(H3,22,23,26,28)(H2,24,25,27,29). The monoisotopic (exact) mass is 470 g/mol. The summed E-state index contributed by atoms with van der Waals surface area (Å²) in [4.78, 5) is 24.4. The van der Waals surface area contributed by atoms with Gasteiger partial charge in [0.1, 0.15) is 18.6 Å². The van der Waals surface area contributed by atoms with Crippen LogP contribution in [0.2, 0.25) is 0 Å². The third kappa shape index (κ3) is 5.11. The van der Waals surface area contributed by atoms with E-state index in [9.17, 15) is 0 Å². The van der Waals surface area contributed by atoms with E-state index in [0.29, 0.717) is 24.4 Å². The van der Waals surface area contributed by atoms with E-state index < -0.39 is 0 Å². The summed E-state index contributed by atoms with van der Waals surface area (Å²) in [5.41, 5.74) is 8.84. The second kappa shape index (κ2) is 9.14. The minimum absolute atomic E-state index is 0.199. The quantitative estimate of drug-likeness (QED) is 0.539. The lowest BCUT2D eigenvalue weighted by molar-refractivity contribution is 0.483. The Hall–Kier alpha value is -3.54. The van der Waals surface area contributed by atoms with Crippen LogP contribution in [0, 0.1) is 13.8 Å². The van der Waals surface area contributed by atoms with E-state index in [2.05, 4.69) is 53.8 Å². The van der Waals surface area contributed by atoms with Gasteiger partial charge in [0.25, 0.3) is 0 Å². The van der Waals surface area contributed by atoms with Crippen LogP contribution in [0.3, 0.4) is 0 Å². The average Bonchev–Trinajstić information content (AvgIpc) is 3.31. The van der Waals surface area contributed by atoms with Crippen molar-refractivity contribution in [2.45, 2.75) is 46.6 Å². The largest absolute Gasteiger partial charge is 0.470 e. The fraction of sp³-hybridized carbons (Fsp3) is 0.429. The van der Waals surface area contributed by atoms with E-state index in [1.54, 1.807) is 23.9 Å². The van der Waals surface area contributed by atoms with Crippen LogP contribution in [0.1, 0.15) is 29.2 Å². The first-order valence-electron chi connectivity index (χ1n) is 10.6. The minimum Gasteiger partial charge on any atom is -0.470 e. The number of guanidine groups is 4. The van der Waals surface area contributed by atoms with Crippen molar-refractivity contribution < 1.29 is 4.42 Å². The SMILES string of the molecule is Cc1cocc1NC1=NC(C)N=C(N(C)Cc2cc(N(C)C3=NC(C)N=C(N)N3)c(C)s2)N1. The summed E-state index contributed by atoms with van der Waals surface area (Å²) in [5, 5.41) is 9.61. The van der Waals surface area contributed by atoms with Gasteiger partial charge in [0, 0.05) is 29.4 Å². The molecule has 0 bridgehead atoms. The number of nitrogens with two attached hydrogens (primary N) is 1. The van der Waals surface area contributed by atoms with Crippen molar-refractivity contribution in [3.63, 3.8) is 0 Å². The normalized spacial score (nSPS) is 20.1. The lowest BCUT2D eigenvalue weighted by Crippen LogP contribution is -2.48. The smallest absolute Gasteiger partial charge is 0.207 e. The molecule has 11 nitrogen and oxygen atoms in total. The highest BCUT2D eigenvalue weighted by Crippen LogP contribution is 2.30. The Morgan fingerprint density at radius 1 is 1.06 bits per heavy atom. The molecule has 0 saturated carbocycles. The third-order valence-electron chi connectivity index (χ3n) is 5.22. The zero-order chi connectivity index (χ0) is 23.7. The maximum atomic E-state index is 5.88. The molecule has 0 aromatic carbocycles.